The Morgan fingerprint density at radius 1 is 1.29 bits per heavy atom. The second-order valence-electron chi connectivity index (χ2n) is 4.81. The lowest BCUT2D eigenvalue weighted by atomic mass is 10.1. The number of fused-ring (bicyclic) bond motifs is 1. The molecular formula is C14H14FN5S. The quantitative estimate of drug-likeness (QED) is 0.727. The average Bonchev–Trinajstić information content (AvgIpc) is 2.91. The number of H-pyrrole nitrogens is 1. The molecule has 0 bridgehead atoms. The van der Waals surface area contributed by atoms with Crippen LogP contribution in [0, 0.1) is 12.7 Å². The van der Waals surface area contributed by atoms with E-state index in [-0.39, 0.29) is 11.9 Å². The van der Waals surface area contributed by atoms with Gasteiger partial charge in [-0.2, -0.15) is 0 Å². The molecule has 1 aromatic carbocycles. The van der Waals surface area contributed by atoms with Crippen LogP contribution >= 0.6 is 11.8 Å². The summed E-state index contributed by atoms with van der Waals surface area (Å²) in [5.74, 6) is -0.249. The molecule has 7 heteroatoms. The summed E-state index contributed by atoms with van der Waals surface area (Å²) in [5.41, 5.74) is 8.66. The Balaban J connectivity index is 2.09. The van der Waals surface area contributed by atoms with Gasteiger partial charge in [-0.3, -0.25) is 0 Å². The Morgan fingerprint density at radius 2 is 2.10 bits per heavy atom. The monoisotopic (exact) mass is 303 g/mol. The highest BCUT2D eigenvalue weighted by Gasteiger charge is 2.15. The molecule has 5 nitrogen and oxygen atoms in total. The van der Waals surface area contributed by atoms with Crippen molar-refractivity contribution in [1.29, 1.82) is 0 Å². The third-order valence-electron chi connectivity index (χ3n) is 3.18. The smallest absolute Gasteiger partial charge is 0.181 e. The minimum Gasteiger partial charge on any atom is -0.341 e. The van der Waals surface area contributed by atoms with Gasteiger partial charge in [0.1, 0.15) is 22.7 Å². The van der Waals surface area contributed by atoms with Crippen LogP contribution in [-0.2, 0) is 0 Å². The zero-order valence-corrected chi connectivity index (χ0v) is 12.4. The fourth-order valence-electron chi connectivity index (χ4n) is 2.04. The minimum atomic E-state index is -0.262. The van der Waals surface area contributed by atoms with E-state index in [1.54, 1.807) is 19.3 Å². The summed E-state index contributed by atoms with van der Waals surface area (Å²) in [7, 11) is 0. The molecule has 21 heavy (non-hydrogen) atoms. The number of nitrogens with one attached hydrogen (secondary N) is 1. The summed E-state index contributed by atoms with van der Waals surface area (Å²) in [6.07, 6.45) is 3.04. The molecule has 108 valence electrons. The number of benzene rings is 1. The molecule has 2 aromatic heterocycles. The van der Waals surface area contributed by atoms with Crippen LogP contribution < -0.4 is 5.73 Å². The summed E-state index contributed by atoms with van der Waals surface area (Å²) in [5, 5.41) is 0.741. The van der Waals surface area contributed by atoms with Gasteiger partial charge in [-0.25, -0.2) is 19.3 Å². The van der Waals surface area contributed by atoms with Crippen LogP contribution in [0.15, 0.2) is 34.7 Å². The highest BCUT2D eigenvalue weighted by Crippen LogP contribution is 2.35. The molecule has 0 fully saturated rings. The number of imidazole rings is 1. The fourth-order valence-corrected chi connectivity index (χ4v) is 3.20. The number of halogens is 1. The molecular weight excluding hydrogens is 289 g/mol. The minimum absolute atomic E-state index is 0.249. The van der Waals surface area contributed by atoms with Crippen LogP contribution in [0.3, 0.4) is 0 Å². The molecule has 0 radical (unpaired) electrons. The molecule has 3 N–H and O–H groups in total. The first-order valence-corrected chi connectivity index (χ1v) is 7.25. The second kappa shape index (κ2) is 5.42. The highest BCUT2D eigenvalue weighted by molar-refractivity contribution is 7.99. The Morgan fingerprint density at radius 3 is 2.86 bits per heavy atom. The largest absolute Gasteiger partial charge is 0.341 e. The lowest BCUT2D eigenvalue weighted by molar-refractivity contribution is 0.610. The van der Waals surface area contributed by atoms with Gasteiger partial charge in [0.05, 0.1) is 6.33 Å². The molecule has 0 saturated heterocycles. The van der Waals surface area contributed by atoms with Crippen molar-refractivity contribution in [2.75, 3.05) is 0 Å². The first-order chi connectivity index (χ1) is 10.1. The van der Waals surface area contributed by atoms with Crippen molar-refractivity contribution in [3.63, 3.8) is 0 Å². The maximum absolute atomic E-state index is 13.8. The van der Waals surface area contributed by atoms with Crippen LogP contribution in [0.5, 0.6) is 0 Å². The number of nitrogens with two attached hydrogens (primary N) is 1. The van der Waals surface area contributed by atoms with E-state index >= 15 is 0 Å². The Hall–Kier alpha value is -1.99. The molecule has 2 heterocycles. The molecule has 0 unspecified atom stereocenters. The number of hydrogen-bond acceptors (Lipinski definition) is 5. The van der Waals surface area contributed by atoms with Crippen molar-refractivity contribution >= 4 is 22.9 Å². The van der Waals surface area contributed by atoms with Crippen LogP contribution in [0.1, 0.15) is 24.1 Å². The first-order valence-electron chi connectivity index (χ1n) is 6.44. The van der Waals surface area contributed by atoms with Crippen LogP contribution in [0.2, 0.25) is 0 Å². The Labute approximate surface area is 125 Å². The van der Waals surface area contributed by atoms with E-state index < -0.39 is 0 Å². The van der Waals surface area contributed by atoms with E-state index in [2.05, 4.69) is 19.9 Å². The summed E-state index contributed by atoms with van der Waals surface area (Å²) in [6, 6.07) is 3.03. The van der Waals surface area contributed by atoms with Gasteiger partial charge >= 0.3 is 0 Å². The van der Waals surface area contributed by atoms with Gasteiger partial charge in [0.25, 0.3) is 0 Å². The van der Waals surface area contributed by atoms with E-state index in [1.807, 2.05) is 6.92 Å². The van der Waals surface area contributed by atoms with E-state index in [9.17, 15) is 4.39 Å². The predicted molar refractivity (Wildman–Crippen MR) is 79.5 cm³/mol. The normalized spacial score (nSPS) is 12.8. The third kappa shape index (κ3) is 2.62. The molecule has 1 atom stereocenters. The Bertz CT molecular complexity index is 799. The molecule has 0 spiro atoms. The average molecular weight is 303 g/mol. The number of rotatable bonds is 3. The number of aromatic amines is 1. The van der Waals surface area contributed by atoms with Gasteiger partial charge in [-0.15, -0.1) is 0 Å². The summed E-state index contributed by atoms with van der Waals surface area (Å²) < 4.78 is 13.8. The second-order valence-corrected chi connectivity index (χ2v) is 5.84. The van der Waals surface area contributed by atoms with Crippen LogP contribution in [0.4, 0.5) is 4.39 Å². The van der Waals surface area contributed by atoms with Gasteiger partial charge < -0.3 is 10.7 Å². The SMILES string of the molecule is Cc1cc(Sc2ncnc3nc[nH]c23)c([C@@H](C)N)cc1F. The molecule has 0 amide bonds. The summed E-state index contributed by atoms with van der Waals surface area (Å²) in [4.78, 5) is 16.4. The van der Waals surface area contributed by atoms with E-state index in [4.69, 9.17) is 5.73 Å². The number of hydrogen-bond donors (Lipinski definition) is 2. The lowest BCUT2D eigenvalue weighted by Crippen LogP contribution is -2.07. The van der Waals surface area contributed by atoms with E-state index in [0.717, 1.165) is 21.0 Å². The number of nitrogens with zero attached hydrogens (tertiary/aromatic N) is 3. The topological polar surface area (TPSA) is 80.5 Å². The summed E-state index contributed by atoms with van der Waals surface area (Å²) in [6.45, 7) is 3.57. The van der Waals surface area contributed by atoms with Crippen LogP contribution in [-0.4, -0.2) is 19.9 Å². The van der Waals surface area contributed by atoms with Gasteiger partial charge in [0.15, 0.2) is 5.65 Å². The molecule has 3 rings (SSSR count). The number of aryl methyl sites for hydroxylation is 1. The van der Waals surface area contributed by atoms with Crippen molar-refractivity contribution in [1.82, 2.24) is 19.9 Å². The van der Waals surface area contributed by atoms with Crippen molar-refractivity contribution in [2.24, 2.45) is 5.73 Å². The zero-order chi connectivity index (χ0) is 15.0. The van der Waals surface area contributed by atoms with Gasteiger partial charge in [-0.1, -0.05) is 11.8 Å². The fraction of sp³-hybridized carbons (Fsp3) is 0.214. The number of aromatic nitrogens is 4. The zero-order valence-electron chi connectivity index (χ0n) is 11.6. The van der Waals surface area contributed by atoms with Crippen molar-refractivity contribution in [2.45, 2.75) is 29.8 Å². The molecule has 3 aromatic rings. The predicted octanol–water partition coefficient (Wildman–Crippen LogP) is 2.97. The maximum Gasteiger partial charge on any atom is 0.181 e. The van der Waals surface area contributed by atoms with Crippen molar-refractivity contribution in [3.05, 3.63) is 41.7 Å². The highest BCUT2D eigenvalue weighted by atomic mass is 32.2. The van der Waals surface area contributed by atoms with Crippen LogP contribution in [0.25, 0.3) is 11.2 Å². The molecule has 0 aliphatic rings. The van der Waals surface area contributed by atoms with Crippen molar-refractivity contribution in [3.8, 4) is 0 Å². The molecule has 0 aliphatic carbocycles. The van der Waals surface area contributed by atoms with Gasteiger partial charge in [0.2, 0.25) is 0 Å². The Kier molecular flexibility index (Phi) is 3.60. The van der Waals surface area contributed by atoms with E-state index in [1.165, 1.54) is 24.2 Å². The standard InChI is InChI=1S/C14H14FN5S/c1-7-3-11(9(8(2)16)4-10(7)15)21-14-12-13(18-5-17-12)19-6-20-14/h3-6,8H,16H2,1-2H3,(H,17,18,19,20)/t8-/m1/s1. The van der Waals surface area contributed by atoms with Crippen molar-refractivity contribution < 1.29 is 4.39 Å². The molecule has 0 aliphatic heterocycles. The van der Waals surface area contributed by atoms with Gasteiger partial charge in [0, 0.05) is 10.9 Å². The first kappa shape index (κ1) is 14.0. The van der Waals surface area contributed by atoms with E-state index in [0.29, 0.717) is 11.2 Å². The summed E-state index contributed by atoms with van der Waals surface area (Å²) >= 11 is 1.43. The third-order valence-corrected chi connectivity index (χ3v) is 4.25. The van der Waals surface area contributed by atoms with Gasteiger partial charge in [-0.05, 0) is 37.1 Å². The lowest BCUT2D eigenvalue weighted by Gasteiger charge is -2.13. The molecule has 0 saturated carbocycles. The maximum atomic E-state index is 13.8.